The van der Waals surface area contributed by atoms with Gasteiger partial charge in [0.25, 0.3) is 5.91 Å². The van der Waals surface area contributed by atoms with Crippen LogP contribution in [0.3, 0.4) is 0 Å². The Kier molecular flexibility index (Phi) is 8.11. The topological polar surface area (TPSA) is 111 Å². The van der Waals surface area contributed by atoms with Gasteiger partial charge in [-0.25, -0.2) is 0 Å². The van der Waals surface area contributed by atoms with Gasteiger partial charge in [-0.2, -0.15) is 0 Å². The lowest BCUT2D eigenvalue weighted by Crippen LogP contribution is -2.48. The summed E-state index contributed by atoms with van der Waals surface area (Å²) in [5.41, 5.74) is 3.03. The number of benzene rings is 3. The highest BCUT2D eigenvalue weighted by Gasteiger charge is 2.67. The van der Waals surface area contributed by atoms with Crippen LogP contribution in [0.5, 0.6) is 0 Å². The highest BCUT2D eigenvalue weighted by atomic mass is 28.4. The van der Waals surface area contributed by atoms with Gasteiger partial charge in [0.2, 0.25) is 11.8 Å². The van der Waals surface area contributed by atoms with Crippen LogP contribution in [0.1, 0.15) is 49.3 Å². The van der Waals surface area contributed by atoms with Crippen molar-refractivity contribution in [3.05, 3.63) is 89.5 Å². The number of aliphatic hydroxyl groups excluding tert-OH is 1. The second-order valence-corrected chi connectivity index (χ2v) is 18.0. The predicted octanol–water partition coefficient (Wildman–Crippen LogP) is 5.02. The molecule has 0 aliphatic carbocycles. The van der Waals surface area contributed by atoms with Crippen LogP contribution in [0.2, 0.25) is 18.6 Å². The van der Waals surface area contributed by atoms with Gasteiger partial charge < -0.3 is 24.4 Å². The maximum absolute atomic E-state index is 14.9. The lowest BCUT2D eigenvalue weighted by Gasteiger charge is -2.37. The molecule has 0 saturated carbocycles. The number of amides is 3. The Balaban J connectivity index is 1.30. The van der Waals surface area contributed by atoms with Crippen molar-refractivity contribution >= 4 is 43.1 Å². The Morgan fingerprint density at radius 1 is 0.979 bits per heavy atom. The Bertz CT molecular complexity index is 1710. The van der Waals surface area contributed by atoms with Crippen LogP contribution < -0.4 is 9.80 Å². The van der Waals surface area contributed by atoms with E-state index in [-0.39, 0.29) is 36.8 Å². The van der Waals surface area contributed by atoms with Crippen LogP contribution >= 0.6 is 0 Å². The summed E-state index contributed by atoms with van der Waals surface area (Å²) in [5, 5.41) is 10.3. The number of nitrogens with zero attached hydrogens (tertiary/aromatic N) is 3. The van der Waals surface area contributed by atoms with Gasteiger partial charge in [-0.15, -0.1) is 0 Å². The summed E-state index contributed by atoms with van der Waals surface area (Å²) >= 11 is 0. The molecule has 3 amide bonds. The fourth-order valence-corrected chi connectivity index (χ4v) is 11.2. The first-order chi connectivity index (χ1) is 22.5. The molecule has 47 heavy (non-hydrogen) atoms. The summed E-state index contributed by atoms with van der Waals surface area (Å²) < 4.78 is 6.99. The van der Waals surface area contributed by atoms with Gasteiger partial charge >= 0.3 is 0 Å². The number of fused-ring (bicyclic) bond motifs is 3. The summed E-state index contributed by atoms with van der Waals surface area (Å²) in [6.45, 7) is 6.49. The van der Waals surface area contributed by atoms with Crippen molar-refractivity contribution < 1.29 is 29.0 Å². The number of rotatable bonds is 6. The molecule has 0 aromatic heterocycles. The summed E-state index contributed by atoms with van der Waals surface area (Å²) in [5.74, 6) is -0.836. The number of hydrogen-bond donors (Lipinski definition) is 2. The summed E-state index contributed by atoms with van der Waals surface area (Å²) in [4.78, 5) is 59.0. The Morgan fingerprint density at radius 2 is 1.70 bits per heavy atom. The molecular weight excluding hydrogens is 611 g/mol. The lowest BCUT2D eigenvalue weighted by molar-refractivity contribution is -0.150. The predicted molar refractivity (Wildman–Crippen MR) is 182 cm³/mol. The van der Waals surface area contributed by atoms with E-state index in [9.17, 15) is 24.3 Å². The zero-order chi connectivity index (χ0) is 33.1. The number of para-hydroxylation sites is 1. The molecular formula is C37H43N3O6Si. The molecule has 3 aromatic carbocycles. The largest absolute Gasteiger partial charge is 0.432 e. The van der Waals surface area contributed by atoms with Crippen LogP contribution in [0.15, 0.2) is 72.8 Å². The Hall–Kier alpha value is -3.83. The minimum absolute atomic E-state index is 0.0231. The maximum atomic E-state index is 14.9. The zero-order valence-corrected chi connectivity index (χ0v) is 28.3. The third kappa shape index (κ3) is 5.22. The molecule has 7 rings (SSSR count). The fraction of sp³-hybridized carbons (Fsp3) is 0.432. The molecule has 1 spiro atoms. The van der Waals surface area contributed by atoms with E-state index in [0.717, 1.165) is 29.7 Å². The number of hydrogen-bond acceptors (Lipinski definition) is 6. The van der Waals surface area contributed by atoms with Crippen LogP contribution in [-0.2, 0) is 37.7 Å². The van der Waals surface area contributed by atoms with Crippen molar-refractivity contribution in [3.63, 3.8) is 0 Å². The Labute approximate surface area is 276 Å². The van der Waals surface area contributed by atoms with E-state index < -0.39 is 31.5 Å². The van der Waals surface area contributed by atoms with Crippen molar-refractivity contribution in [1.82, 2.24) is 4.90 Å². The highest BCUT2D eigenvalue weighted by molar-refractivity contribution is 6.71. The van der Waals surface area contributed by atoms with Crippen molar-refractivity contribution in [1.29, 1.82) is 0 Å². The van der Waals surface area contributed by atoms with E-state index in [0.29, 0.717) is 42.9 Å². The molecule has 2 N–H and O–H groups in total. The van der Waals surface area contributed by atoms with Gasteiger partial charge in [-0.05, 0) is 73.8 Å². The van der Waals surface area contributed by atoms with Gasteiger partial charge in [-0.1, -0.05) is 49.4 Å². The highest BCUT2D eigenvalue weighted by Crippen LogP contribution is 2.61. The van der Waals surface area contributed by atoms with E-state index in [1.165, 1.54) is 0 Å². The first-order valence-corrected chi connectivity index (χ1v) is 19.8. The standard InChI is InChI=1S/C37H43N3O6Si/c1-24-35(47(2,3)45)32(21-34(43)39-22-26-12-8-7-11-25(26)19-29(39)23-41)46-37(24)30-20-28(38-18-10-9-15-33(38)42)16-17-31(30)40(36(37)44)27-13-5-4-6-14-27/h4-8,11-14,16-17,20,24,29,32,35,41,45H,9-10,15,18-19,21-23H2,1-3H3/t24-,29-,32+,35-,37+/m0/s1. The van der Waals surface area contributed by atoms with Gasteiger partial charge in [0, 0.05) is 47.9 Å². The fourth-order valence-electron chi connectivity index (χ4n) is 8.60. The zero-order valence-electron chi connectivity index (χ0n) is 27.3. The van der Waals surface area contributed by atoms with Gasteiger partial charge in [0.05, 0.1) is 30.9 Å². The maximum Gasteiger partial charge on any atom is 0.268 e. The van der Waals surface area contributed by atoms with Crippen molar-refractivity contribution in [2.24, 2.45) is 5.92 Å². The quantitative estimate of drug-likeness (QED) is 0.362. The van der Waals surface area contributed by atoms with E-state index in [1.807, 2.05) is 92.8 Å². The molecule has 4 aliphatic rings. The number of anilines is 3. The molecule has 5 atom stereocenters. The van der Waals surface area contributed by atoms with Crippen LogP contribution in [0.25, 0.3) is 0 Å². The molecule has 0 radical (unpaired) electrons. The molecule has 3 aromatic rings. The second kappa shape index (κ2) is 12.0. The average molecular weight is 654 g/mol. The van der Waals surface area contributed by atoms with Gasteiger partial charge in [0.15, 0.2) is 13.9 Å². The van der Waals surface area contributed by atoms with E-state index in [4.69, 9.17) is 4.74 Å². The molecule has 246 valence electrons. The first-order valence-electron chi connectivity index (χ1n) is 16.8. The molecule has 0 bridgehead atoms. The minimum atomic E-state index is -3.03. The summed E-state index contributed by atoms with van der Waals surface area (Å²) in [6.07, 6.45) is 2.05. The lowest BCUT2D eigenvalue weighted by atomic mass is 9.82. The minimum Gasteiger partial charge on any atom is -0.432 e. The normalized spacial score (nSPS) is 27.4. The molecule has 2 fully saturated rings. The number of carbonyl (C=O) groups excluding carboxylic acids is 3. The average Bonchev–Trinajstić information content (AvgIpc) is 3.50. The molecule has 4 heterocycles. The van der Waals surface area contributed by atoms with Crippen molar-refractivity contribution in [2.45, 2.75) is 82.0 Å². The third-order valence-corrected chi connectivity index (χ3v) is 13.3. The molecule has 9 nitrogen and oxygen atoms in total. The van der Waals surface area contributed by atoms with Crippen LogP contribution in [0, 0.1) is 5.92 Å². The van der Waals surface area contributed by atoms with Crippen LogP contribution in [0.4, 0.5) is 17.1 Å². The molecule has 10 heteroatoms. The van der Waals surface area contributed by atoms with Gasteiger partial charge in [0.1, 0.15) is 0 Å². The molecule has 0 unspecified atom stereocenters. The monoisotopic (exact) mass is 653 g/mol. The molecule has 2 saturated heterocycles. The first kappa shape index (κ1) is 31.8. The Morgan fingerprint density at radius 3 is 2.40 bits per heavy atom. The van der Waals surface area contributed by atoms with E-state index in [1.54, 1.807) is 14.7 Å². The van der Waals surface area contributed by atoms with E-state index in [2.05, 4.69) is 0 Å². The molecule has 4 aliphatic heterocycles. The smallest absolute Gasteiger partial charge is 0.268 e. The van der Waals surface area contributed by atoms with Crippen molar-refractivity contribution in [2.75, 3.05) is 23.0 Å². The third-order valence-electron chi connectivity index (χ3n) is 10.8. The van der Waals surface area contributed by atoms with Crippen LogP contribution in [-0.4, -0.2) is 66.1 Å². The van der Waals surface area contributed by atoms with Gasteiger partial charge in [-0.3, -0.25) is 19.3 Å². The summed E-state index contributed by atoms with van der Waals surface area (Å²) in [6, 6.07) is 22.8. The number of carbonyl (C=O) groups is 3. The van der Waals surface area contributed by atoms with E-state index >= 15 is 0 Å². The number of ether oxygens (including phenoxy) is 1. The number of aliphatic hydroxyl groups is 1. The second-order valence-electron chi connectivity index (χ2n) is 14.1. The SMILES string of the molecule is C[C@H]1[C@H]([Si](C)(C)O)[C@@H](CC(=O)N2Cc3ccccc3C[C@H]2CO)O[C@]12C(=O)N(c1ccccc1)c1ccc(N3CCCCC3=O)cc12. The summed E-state index contributed by atoms with van der Waals surface area (Å²) in [7, 11) is -3.03. The number of piperidine rings is 1. The van der Waals surface area contributed by atoms with Crippen molar-refractivity contribution in [3.8, 4) is 0 Å².